The summed E-state index contributed by atoms with van der Waals surface area (Å²) < 4.78 is 23.6. The van der Waals surface area contributed by atoms with Gasteiger partial charge in [0, 0.05) is 37.1 Å². The molecule has 28 nitrogen and oxygen atoms in total. The second-order valence-electron chi connectivity index (χ2n) is 25.1. The van der Waals surface area contributed by atoms with Gasteiger partial charge in [0.2, 0.25) is 0 Å². The third-order valence-electron chi connectivity index (χ3n) is 17.9. The number of nitro benzene ring substituents is 2. The van der Waals surface area contributed by atoms with Gasteiger partial charge in [-0.05, 0) is 131 Å². The number of rotatable bonds is 19. The average molecular weight is 1680 g/mol. The van der Waals surface area contributed by atoms with Gasteiger partial charge in [0.15, 0.2) is 0 Å². The Morgan fingerprint density at radius 3 is 1.23 bits per heavy atom. The number of ether oxygens (including phenoxy) is 5. The fourth-order valence-electron chi connectivity index (χ4n) is 12.3. The number of carbonyl (C=O) groups is 8. The topological polar surface area (TPSA) is 397 Å². The van der Waals surface area contributed by atoms with E-state index >= 15 is 0 Å². The second kappa shape index (κ2) is 45.6. The summed E-state index contributed by atoms with van der Waals surface area (Å²) in [6.45, 7) is 1.40. The summed E-state index contributed by atoms with van der Waals surface area (Å²) in [5.41, 5.74) is 11.4. The number of alkyl halides is 1. The van der Waals surface area contributed by atoms with Crippen LogP contribution in [0.5, 0.6) is 0 Å². The first-order valence-electron chi connectivity index (χ1n) is 35.5. The number of amides is 2. The van der Waals surface area contributed by atoms with Gasteiger partial charge in [-0.1, -0.05) is 193 Å². The second-order valence-corrected chi connectivity index (χ2v) is 25.7. The molecule has 12 aromatic rings. The number of esters is 5. The molecule has 0 radical (unpaired) electrons. The van der Waals surface area contributed by atoms with Crippen LogP contribution in [0.2, 0.25) is 0 Å². The van der Waals surface area contributed by atoms with Crippen LogP contribution in [0.25, 0.3) is 0 Å². The maximum Gasteiger partial charge on any atom is 1.00 e. The summed E-state index contributed by atoms with van der Waals surface area (Å²) in [6.07, 6.45) is 0. The Hall–Kier alpha value is -14.6. The molecule has 0 fully saturated rings. The first-order valence-corrected chi connectivity index (χ1v) is 36.6. The van der Waals surface area contributed by atoms with E-state index in [0.29, 0.717) is 52.5 Å². The number of fused-ring (bicyclic) bond motifs is 4. The molecule has 2 heterocycles. The molecule has 610 valence electrons. The number of nitro groups is 2. The Morgan fingerprint density at radius 2 is 0.783 bits per heavy atom. The van der Waals surface area contributed by atoms with Crippen molar-refractivity contribution < 1.29 is 107 Å². The summed E-state index contributed by atoms with van der Waals surface area (Å²) in [7, 11) is 6.24. The van der Waals surface area contributed by atoms with Crippen molar-refractivity contribution >= 4 is 132 Å². The Bertz CT molecular complexity index is 5600. The van der Waals surface area contributed by atoms with Gasteiger partial charge < -0.3 is 70.4 Å². The number of benzene rings is 12. The molecule has 120 heavy (non-hydrogen) atoms. The molecule has 30 heteroatoms. The fraction of sp³-hybridized carbons (Fsp3) is 0.111. The van der Waals surface area contributed by atoms with Crippen molar-refractivity contribution in [3.05, 3.63) is 378 Å². The van der Waals surface area contributed by atoms with Crippen molar-refractivity contribution in [2.75, 3.05) is 66.2 Å². The summed E-state index contributed by atoms with van der Waals surface area (Å²) >= 11 is 3.36. The number of aromatic carboxylic acids is 1. The molecule has 14 rings (SSSR count). The number of carboxylic acids is 1. The number of hydrogen-bond donors (Lipinski definition) is 4. The number of carboxylic acid groups (broad SMARTS) is 1. The number of carbonyl (C=O) groups excluding carboxylic acids is 7. The van der Waals surface area contributed by atoms with E-state index in [9.17, 15) is 63.7 Å². The van der Waals surface area contributed by atoms with Crippen molar-refractivity contribution in [3.8, 4) is 0 Å². The molecule has 0 spiro atoms. The molecule has 0 aromatic heterocycles. The average Bonchev–Trinajstić information content (AvgIpc) is 1.42. The van der Waals surface area contributed by atoms with Crippen LogP contribution in [0.15, 0.2) is 291 Å². The standard InChI is InChI=1S/C23H20N2O6.C22H18N2O3.C21H16N2O3.C16H14N2O6.C7H7Br.CH4.Li.2H2O/c1-30-22(26)17-12-13-20(21(14-17)25(28)29)24(15-16-8-4-3-5-9-16)19-11-7-6-10-18(19)23(27)31-2;1-27-22(26)16-11-12-20-18(13-16)23-21(25)17-9-5-6-10-19(17)24(20)14-15-7-3-2-4-8-15;24-20-16-8-4-5-9-18(16)23(13-14-6-2-1-3-7-14)19-11-10-15(21(25)26)12-17(19)22-20;1-23-15(19)10-7-8-13(14(9-10)18(21)22)17-12-6-4-3-5-11(12)16(20)24-2;8-6-7-4-2-1-3-5-7;;;;/h3-14H,15H2,1-2H3;2-13H,14H2,1H3,(H,23,25);1-12H,13H2,(H,22,24)(H,25,26);3-9,17H,1-2H3;1-5H,6H2;1H4;;2*1H2/q;;;;;;+1;;/p-1. The molecule has 12 aromatic carbocycles. The molecule has 2 amide bonds. The van der Waals surface area contributed by atoms with Crippen molar-refractivity contribution in [2.45, 2.75) is 32.4 Å². The van der Waals surface area contributed by atoms with Crippen molar-refractivity contribution in [1.29, 1.82) is 0 Å². The molecular formula is C90H82BrLiN8O20. The first kappa shape index (κ1) is 94.3. The summed E-state index contributed by atoms with van der Waals surface area (Å²) in [5, 5.41) is 42.0. The molecule has 0 saturated carbocycles. The zero-order valence-corrected chi connectivity index (χ0v) is 66.6. The van der Waals surface area contributed by atoms with Gasteiger partial charge in [0.25, 0.3) is 23.2 Å². The van der Waals surface area contributed by atoms with E-state index in [1.165, 1.54) is 83.6 Å². The zero-order valence-electron chi connectivity index (χ0n) is 65.0. The quantitative estimate of drug-likeness (QED) is 0.0146. The van der Waals surface area contributed by atoms with Crippen molar-refractivity contribution in [1.82, 2.24) is 0 Å². The van der Waals surface area contributed by atoms with Crippen molar-refractivity contribution in [3.63, 3.8) is 0 Å². The van der Waals surface area contributed by atoms with E-state index in [4.69, 9.17) is 9.47 Å². The van der Waals surface area contributed by atoms with Crippen LogP contribution in [0.1, 0.15) is 113 Å². The summed E-state index contributed by atoms with van der Waals surface area (Å²) in [4.78, 5) is 124. The largest absolute Gasteiger partial charge is 1.00 e. The van der Waals surface area contributed by atoms with Crippen LogP contribution in [0.3, 0.4) is 0 Å². The van der Waals surface area contributed by atoms with Gasteiger partial charge in [-0.15, -0.1) is 0 Å². The number of methoxy groups -OCH3 is 5. The molecule has 2 aliphatic heterocycles. The maximum absolute atomic E-state index is 12.8. The molecule has 0 bridgehead atoms. The van der Waals surface area contributed by atoms with Crippen LogP contribution < -0.4 is 49.5 Å². The fourth-order valence-corrected chi connectivity index (χ4v) is 12.6. The van der Waals surface area contributed by atoms with E-state index in [1.54, 1.807) is 83.8 Å². The molecule has 7 N–H and O–H groups in total. The van der Waals surface area contributed by atoms with Crippen LogP contribution in [-0.4, -0.2) is 109 Å². The molecular weight excluding hydrogens is 1600 g/mol. The summed E-state index contributed by atoms with van der Waals surface area (Å²) in [6, 6.07) is 85.6. The Balaban J connectivity index is 0.000000238. The van der Waals surface area contributed by atoms with Crippen molar-refractivity contribution in [2.24, 2.45) is 0 Å². The minimum Gasteiger partial charge on any atom is -0.870 e. The molecule has 0 atom stereocenters. The molecule has 2 aliphatic rings. The van der Waals surface area contributed by atoms with Crippen LogP contribution in [-0.2, 0) is 48.6 Å². The third-order valence-corrected chi connectivity index (χ3v) is 18.5. The number of nitrogens with one attached hydrogen (secondary N) is 3. The third kappa shape index (κ3) is 23.8. The molecule has 0 aliphatic carbocycles. The monoisotopic (exact) mass is 1680 g/mol. The van der Waals surface area contributed by atoms with Crippen LogP contribution in [0, 0.1) is 20.2 Å². The van der Waals surface area contributed by atoms with E-state index in [1.807, 2.05) is 157 Å². The van der Waals surface area contributed by atoms with Gasteiger partial charge in [-0.2, -0.15) is 0 Å². The smallest absolute Gasteiger partial charge is 0.870 e. The molecule has 0 saturated heterocycles. The summed E-state index contributed by atoms with van der Waals surface area (Å²) in [5.74, 6) is -4.43. The maximum atomic E-state index is 12.8. The molecule has 0 unspecified atom stereocenters. The minimum absolute atomic E-state index is 0. The van der Waals surface area contributed by atoms with Crippen LogP contribution >= 0.6 is 15.9 Å². The van der Waals surface area contributed by atoms with E-state index in [-0.39, 0.29) is 106 Å². The SMILES string of the molecule is BrCc1ccccc1.C.COC(=O)c1ccc(N(Cc2ccccc2)c2ccccc2C(=O)OC)c([N+](=O)[O-])c1.COC(=O)c1ccc(Nc2ccccc2C(=O)OC)c([N+](=O)[O-])c1.COC(=O)c1ccc2c(c1)NC(=O)c1ccccc1N2Cc1ccccc1.O.O=C(O)c1ccc2c(c1)NC(=O)c1ccccc1N2Cc1ccccc1.[Li+].[OH-]. The zero-order chi connectivity index (χ0) is 82.8. The number of nitrogens with zero attached hydrogens (tertiary/aromatic N) is 5. The van der Waals surface area contributed by atoms with E-state index in [2.05, 4.69) is 63.1 Å². The number of hydrogen-bond acceptors (Lipinski definition) is 22. The minimum atomic E-state index is -1.03. The Labute approximate surface area is 711 Å². The van der Waals surface area contributed by atoms with Gasteiger partial charge in [0.05, 0.1) is 135 Å². The van der Waals surface area contributed by atoms with Gasteiger partial charge in [0.1, 0.15) is 11.4 Å². The number of para-hydroxylation sites is 4. The predicted octanol–water partition coefficient (Wildman–Crippen LogP) is 15.3. The van der Waals surface area contributed by atoms with E-state index in [0.717, 1.165) is 50.8 Å². The number of anilines is 10. The Kier molecular flexibility index (Phi) is 35.8. The normalized spacial score (nSPS) is 10.8. The van der Waals surface area contributed by atoms with E-state index < -0.39 is 45.7 Å². The number of halogens is 1. The first-order chi connectivity index (χ1) is 56.2. The van der Waals surface area contributed by atoms with Gasteiger partial charge in [-0.3, -0.25) is 29.8 Å². The predicted molar refractivity (Wildman–Crippen MR) is 456 cm³/mol. The Morgan fingerprint density at radius 1 is 0.417 bits per heavy atom. The van der Waals surface area contributed by atoms with Gasteiger partial charge >= 0.3 is 54.7 Å². The van der Waals surface area contributed by atoms with Crippen LogP contribution in [0.4, 0.5) is 68.2 Å². The van der Waals surface area contributed by atoms with Gasteiger partial charge in [-0.25, -0.2) is 28.8 Å².